The molecule has 20 heavy (non-hydrogen) atoms. The third-order valence-electron chi connectivity index (χ3n) is 3.02. The average Bonchev–Trinajstić information content (AvgIpc) is 2.47. The number of amides is 1. The zero-order chi connectivity index (χ0) is 14.8. The van der Waals surface area contributed by atoms with Gasteiger partial charge in [-0.05, 0) is 44.0 Å². The summed E-state index contributed by atoms with van der Waals surface area (Å²) >= 11 is 0. The number of unbranched alkanes of at least 4 members (excludes halogenated alkanes) is 1. The molecule has 0 aliphatic carbocycles. The Bertz CT molecular complexity index is 418. The first-order valence-electron chi connectivity index (χ1n) is 6.90. The van der Waals surface area contributed by atoms with E-state index in [1.165, 1.54) is 0 Å². The van der Waals surface area contributed by atoms with E-state index in [2.05, 4.69) is 10.6 Å². The van der Waals surface area contributed by atoms with Crippen LogP contribution in [0.4, 0.5) is 0 Å². The maximum absolute atomic E-state index is 11.9. The van der Waals surface area contributed by atoms with Gasteiger partial charge >= 0.3 is 0 Å². The fraction of sp³-hybridized carbons (Fsp3) is 0.467. The molecule has 1 unspecified atom stereocenters. The highest BCUT2D eigenvalue weighted by molar-refractivity contribution is 5.94. The van der Waals surface area contributed by atoms with E-state index < -0.39 is 0 Å². The van der Waals surface area contributed by atoms with Crippen molar-refractivity contribution in [3.8, 4) is 0 Å². The second kappa shape index (κ2) is 9.23. The maximum atomic E-state index is 11.9. The van der Waals surface area contributed by atoms with Crippen LogP contribution in [0.1, 0.15) is 35.2 Å². The van der Waals surface area contributed by atoms with Crippen LogP contribution in [0.2, 0.25) is 0 Å². The van der Waals surface area contributed by atoms with E-state index in [-0.39, 0.29) is 11.9 Å². The van der Waals surface area contributed by atoms with Crippen LogP contribution in [-0.4, -0.2) is 31.8 Å². The highest BCUT2D eigenvalue weighted by Crippen LogP contribution is 2.04. The highest BCUT2D eigenvalue weighted by Gasteiger charge is 2.05. The lowest BCUT2D eigenvalue weighted by molar-refractivity contribution is -0.109. The summed E-state index contributed by atoms with van der Waals surface area (Å²) in [6, 6.07) is 7.14. The van der Waals surface area contributed by atoms with Gasteiger partial charge in [0.15, 0.2) is 0 Å². The minimum absolute atomic E-state index is 0.0688. The average molecular weight is 277 g/mol. The zero-order valence-corrected chi connectivity index (χ0v) is 11.9. The minimum Gasteiger partial charge on any atom is -0.352 e. The predicted molar refractivity (Wildman–Crippen MR) is 79.4 cm³/mol. The van der Waals surface area contributed by atoms with Crippen LogP contribution in [-0.2, 0) is 11.3 Å². The molecule has 0 aliphatic heterocycles. The second-order valence-corrected chi connectivity index (χ2v) is 4.78. The Morgan fingerprint density at radius 1 is 1.30 bits per heavy atom. The summed E-state index contributed by atoms with van der Waals surface area (Å²) in [6.45, 7) is 1.39. The summed E-state index contributed by atoms with van der Waals surface area (Å²) in [5.74, 6) is -0.0688. The second-order valence-electron chi connectivity index (χ2n) is 4.78. The van der Waals surface area contributed by atoms with Crippen molar-refractivity contribution in [3.63, 3.8) is 0 Å². The molecule has 0 aromatic heterocycles. The molecule has 1 aromatic carbocycles. The Morgan fingerprint density at radius 3 is 2.60 bits per heavy atom. The van der Waals surface area contributed by atoms with Gasteiger partial charge in [0.05, 0.1) is 6.04 Å². The summed E-state index contributed by atoms with van der Waals surface area (Å²) in [5.41, 5.74) is 7.29. The third kappa shape index (κ3) is 5.95. The molecule has 0 fully saturated rings. The van der Waals surface area contributed by atoms with Crippen LogP contribution in [0.3, 0.4) is 0 Å². The molecule has 0 bridgehead atoms. The van der Waals surface area contributed by atoms with E-state index in [1.807, 2.05) is 31.3 Å². The lowest BCUT2D eigenvalue weighted by Gasteiger charge is -2.07. The molecule has 0 radical (unpaired) electrons. The van der Waals surface area contributed by atoms with Gasteiger partial charge in [-0.2, -0.15) is 0 Å². The maximum Gasteiger partial charge on any atom is 0.251 e. The predicted octanol–water partition coefficient (Wildman–Crippen LogP) is 0.832. The van der Waals surface area contributed by atoms with Gasteiger partial charge in [0.1, 0.15) is 6.29 Å². The normalized spacial score (nSPS) is 11.9. The fourth-order valence-corrected chi connectivity index (χ4v) is 1.86. The highest BCUT2D eigenvalue weighted by atomic mass is 16.1. The van der Waals surface area contributed by atoms with Crippen molar-refractivity contribution in [2.24, 2.45) is 5.73 Å². The van der Waals surface area contributed by atoms with Crippen molar-refractivity contribution in [1.29, 1.82) is 0 Å². The third-order valence-corrected chi connectivity index (χ3v) is 3.02. The standard InChI is InChI=1S/C15H23N3O2/c1-17-10-12-5-7-13(8-6-12)15(20)18-9-3-2-4-14(16)11-19/h5-8,11,14,17H,2-4,9-10,16H2,1H3,(H,18,20). The molecule has 110 valence electrons. The van der Waals surface area contributed by atoms with Crippen LogP contribution in [0, 0.1) is 0 Å². The van der Waals surface area contributed by atoms with E-state index in [9.17, 15) is 9.59 Å². The quantitative estimate of drug-likeness (QED) is 0.461. The van der Waals surface area contributed by atoms with Crippen molar-refractivity contribution in [3.05, 3.63) is 35.4 Å². The van der Waals surface area contributed by atoms with Gasteiger partial charge < -0.3 is 21.2 Å². The Hall–Kier alpha value is -1.72. The number of hydrogen-bond donors (Lipinski definition) is 3. The molecule has 0 saturated carbocycles. The molecule has 4 N–H and O–H groups in total. The van der Waals surface area contributed by atoms with Crippen molar-refractivity contribution in [2.45, 2.75) is 31.8 Å². The smallest absolute Gasteiger partial charge is 0.251 e. The van der Waals surface area contributed by atoms with Crippen molar-refractivity contribution in [1.82, 2.24) is 10.6 Å². The lowest BCUT2D eigenvalue weighted by atomic mass is 10.1. The first-order chi connectivity index (χ1) is 9.67. The van der Waals surface area contributed by atoms with Crippen molar-refractivity contribution in [2.75, 3.05) is 13.6 Å². The number of hydrogen-bond acceptors (Lipinski definition) is 4. The molecule has 5 heteroatoms. The number of nitrogens with one attached hydrogen (secondary N) is 2. The van der Waals surface area contributed by atoms with Crippen molar-refractivity contribution < 1.29 is 9.59 Å². The molecule has 1 atom stereocenters. The summed E-state index contributed by atoms with van der Waals surface area (Å²) < 4.78 is 0. The van der Waals surface area contributed by atoms with Crippen LogP contribution < -0.4 is 16.4 Å². The van der Waals surface area contributed by atoms with Gasteiger partial charge in [-0.25, -0.2) is 0 Å². The topological polar surface area (TPSA) is 84.2 Å². The number of carbonyl (C=O) groups excluding carboxylic acids is 2. The Labute approximate surface area is 119 Å². The number of nitrogens with two attached hydrogens (primary N) is 1. The Morgan fingerprint density at radius 2 is 2.00 bits per heavy atom. The molecule has 1 rings (SSSR count). The largest absolute Gasteiger partial charge is 0.352 e. The molecule has 0 heterocycles. The Kier molecular flexibility index (Phi) is 7.54. The molecule has 0 spiro atoms. The van der Waals surface area contributed by atoms with Gasteiger partial charge in [-0.15, -0.1) is 0 Å². The first-order valence-corrected chi connectivity index (χ1v) is 6.90. The van der Waals surface area contributed by atoms with E-state index in [0.717, 1.165) is 31.2 Å². The van der Waals surface area contributed by atoms with Crippen LogP contribution in [0.5, 0.6) is 0 Å². The zero-order valence-electron chi connectivity index (χ0n) is 11.9. The number of aldehydes is 1. The lowest BCUT2D eigenvalue weighted by Crippen LogP contribution is -2.25. The summed E-state index contributed by atoms with van der Waals surface area (Å²) in [7, 11) is 1.89. The molecular formula is C15H23N3O2. The van der Waals surface area contributed by atoms with Crippen LogP contribution in [0.25, 0.3) is 0 Å². The van der Waals surface area contributed by atoms with E-state index in [4.69, 9.17) is 5.73 Å². The fourth-order valence-electron chi connectivity index (χ4n) is 1.86. The van der Waals surface area contributed by atoms with E-state index in [0.29, 0.717) is 18.5 Å². The van der Waals surface area contributed by atoms with E-state index in [1.54, 1.807) is 0 Å². The molecule has 5 nitrogen and oxygen atoms in total. The van der Waals surface area contributed by atoms with Gasteiger partial charge in [0.2, 0.25) is 0 Å². The Balaban J connectivity index is 2.26. The van der Waals surface area contributed by atoms with Gasteiger partial charge in [0.25, 0.3) is 5.91 Å². The number of benzene rings is 1. The van der Waals surface area contributed by atoms with Crippen LogP contribution >= 0.6 is 0 Å². The minimum atomic E-state index is -0.384. The first kappa shape index (κ1) is 16.3. The summed E-state index contributed by atoms with van der Waals surface area (Å²) in [4.78, 5) is 22.2. The number of carbonyl (C=O) groups is 2. The molecular weight excluding hydrogens is 254 g/mol. The monoisotopic (exact) mass is 277 g/mol. The van der Waals surface area contributed by atoms with Gasteiger partial charge in [-0.3, -0.25) is 4.79 Å². The summed E-state index contributed by atoms with van der Waals surface area (Å²) in [6.07, 6.45) is 3.08. The summed E-state index contributed by atoms with van der Waals surface area (Å²) in [5, 5.41) is 5.92. The van der Waals surface area contributed by atoms with E-state index >= 15 is 0 Å². The van der Waals surface area contributed by atoms with Gasteiger partial charge in [-0.1, -0.05) is 12.1 Å². The molecule has 0 saturated heterocycles. The van der Waals surface area contributed by atoms with Gasteiger partial charge in [0, 0.05) is 18.7 Å². The van der Waals surface area contributed by atoms with Crippen molar-refractivity contribution >= 4 is 12.2 Å². The number of rotatable bonds is 9. The molecule has 1 aromatic rings. The molecule has 0 aliphatic rings. The molecule has 1 amide bonds. The van der Waals surface area contributed by atoms with Crippen LogP contribution in [0.15, 0.2) is 24.3 Å². The SMILES string of the molecule is CNCc1ccc(C(=O)NCCCCC(N)C=O)cc1.